The van der Waals surface area contributed by atoms with Gasteiger partial charge in [-0.3, -0.25) is 4.98 Å². The molecule has 2 rings (SSSR count). The predicted molar refractivity (Wildman–Crippen MR) is 42.7 cm³/mol. The molecule has 6 heteroatoms. The highest BCUT2D eigenvalue weighted by atomic mass is 19.4. The van der Waals surface area contributed by atoms with Crippen molar-refractivity contribution in [3.8, 4) is 0 Å². The van der Waals surface area contributed by atoms with Crippen LogP contribution in [0, 0.1) is 0 Å². The van der Waals surface area contributed by atoms with Gasteiger partial charge in [0.25, 0.3) is 0 Å². The van der Waals surface area contributed by atoms with Crippen LogP contribution in [0.25, 0.3) is 5.65 Å². The summed E-state index contributed by atoms with van der Waals surface area (Å²) in [5.74, 6) is 0. The number of hydrogen-bond acceptors (Lipinski definition) is 2. The van der Waals surface area contributed by atoms with Crippen molar-refractivity contribution in [2.45, 2.75) is 12.6 Å². The molecule has 0 fully saturated rings. The van der Waals surface area contributed by atoms with Gasteiger partial charge in [-0.2, -0.15) is 13.2 Å². The smallest absolute Gasteiger partial charge is 0.301 e. The molecule has 0 amide bonds. The van der Waals surface area contributed by atoms with Crippen LogP contribution in [0.4, 0.5) is 13.2 Å². The molecule has 0 aliphatic rings. The summed E-state index contributed by atoms with van der Waals surface area (Å²) in [4.78, 5) is 7.53. The van der Waals surface area contributed by atoms with Crippen LogP contribution < -0.4 is 0 Å². The summed E-state index contributed by atoms with van der Waals surface area (Å²) in [6.07, 6.45) is 0.324. The molecule has 0 saturated heterocycles. The lowest BCUT2D eigenvalue weighted by Crippen LogP contribution is -2.14. The Labute approximate surface area is 77.2 Å². The number of nitrogens with zero attached hydrogens (tertiary/aromatic N) is 3. The molecule has 0 radical (unpaired) electrons. The molecule has 0 aliphatic heterocycles. The summed E-state index contributed by atoms with van der Waals surface area (Å²) in [6.45, 7) is 0. The Morgan fingerprint density at radius 1 is 1.29 bits per heavy atom. The average molecular weight is 201 g/mol. The van der Waals surface area contributed by atoms with Crippen molar-refractivity contribution in [1.29, 1.82) is 0 Å². The van der Waals surface area contributed by atoms with Crippen LogP contribution in [0.2, 0.25) is 0 Å². The fourth-order valence-electron chi connectivity index (χ4n) is 1.24. The first-order chi connectivity index (χ1) is 6.56. The monoisotopic (exact) mass is 201 g/mol. The Morgan fingerprint density at radius 2 is 2.07 bits per heavy atom. The van der Waals surface area contributed by atoms with E-state index in [9.17, 15) is 13.2 Å². The Hall–Kier alpha value is -1.59. The Kier molecular flexibility index (Phi) is 1.90. The third-order valence-corrected chi connectivity index (χ3v) is 1.77. The van der Waals surface area contributed by atoms with Crippen LogP contribution in [-0.2, 0) is 6.42 Å². The highest BCUT2D eigenvalue weighted by molar-refractivity contribution is 5.36. The molecule has 2 heterocycles. The zero-order valence-corrected chi connectivity index (χ0v) is 6.99. The molecule has 0 spiro atoms. The van der Waals surface area contributed by atoms with Gasteiger partial charge in [-0.25, -0.2) is 4.98 Å². The molecule has 0 atom stereocenters. The van der Waals surface area contributed by atoms with E-state index in [1.165, 1.54) is 29.2 Å². The number of alkyl halides is 3. The van der Waals surface area contributed by atoms with E-state index in [0.717, 1.165) is 0 Å². The quantitative estimate of drug-likeness (QED) is 0.704. The minimum Gasteiger partial charge on any atom is -0.301 e. The zero-order valence-electron chi connectivity index (χ0n) is 6.99. The van der Waals surface area contributed by atoms with Crippen molar-refractivity contribution >= 4 is 5.65 Å². The Bertz CT molecular complexity index is 446. The summed E-state index contributed by atoms with van der Waals surface area (Å²) < 4.78 is 37.7. The van der Waals surface area contributed by atoms with E-state index < -0.39 is 12.6 Å². The van der Waals surface area contributed by atoms with Crippen molar-refractivity contribution in [2.75, 3.05) is 0 Å². The fourth-order valence-corrected chi connectivity index (χ4v) is 1.24. The highest BCUT2D eigenvalue weighted by Gasteiger charge is 2.28. The summed E-state index contributed by atoms with van der Waals surface area (Å²) in [6, 6.07) is 0. The number of aromatic nitrogens is 3. The van der Waals surface area contributed by atoms with Gasteiger partial charge < -0.3 is 4.40 Å². The van der Waals surface area contributed by atoms with Crippen LogP contribution in [0.15, 0.2) is 24.8 Å². The summed E-state index contributed by atoms with van der Waals surface area (Å²) in [7, 11) is 0. The third-order valence-electron chi connectivity index (χ3n) is 1.77. The molecule has 0 N–H and O–H groups in total. The van der Waals surface area contributed by atoms with E-state index in [1.807, 2.05) is 0 Å². The molecule has 0 bridgehead atoms. The van der Waals surface area contributed by atoms with E-state index >= 15 is 0 Å². The fraction of sp³-hybridized carbons (Fsp3) is 0.250. The van der Waals surface area contributed by atoms with E-state index in [0.29, 0.717) is 5.65 Å². The number of hydrogen-bond donors (Lipinski definition) is 0. The van der Waals surface area contributed by atoms with E-state index in [-0.39, 0.29) is 5.69 Å². The first-order valence-corrected chi connectivity index (χ1v) is 3.89. The normalized spacial score (nSPS) is 12.2. The number of rotatable bonds is 1. The first-order valence-electron chi connectivity index (χ1n) is 3.89. The van der Waals surface area contributed by atoms with Crippen molar-refractivity contribution in [1.82, 2.24) is 14.4 Å². The molecule has 0 aromatic carbocycles. The van der Waals surface area contributed by atoms with Crippen LogP contribution in [0.5, 0.6) is 0 Å². The molecule has 0 aliphatic carbocycles. The largest absolute Gasteiger partial charge is 0.394 e. The Morgan fingerprint density at radius 3 is 2.79 bits per heavy atom. The van der Waals surface area contributed by atoms with Crippen molar-refractivity contribution in [2.24, 2.45) is 0 Å². The van der Waals surface area contributed by atoms with Gasteiger partial charge in [0.1, 0.15) is 0 Å². The topological polar surface area (TPSA) is 30.2 Å². The molecule has 2 aromatic rings. The molecule has 0 unspecified atom stereocenters. The zero-order chi connectivity index (χ0) is 10.2. The minimum atomic E-state index is -4.22. The van der Waals surface area contributed by atoms with E-state index in [1.54, 1.807) is 0 Å². The van der Waals surface area contributed by atoms with Gasteiger partial charge in [-0.1, -0.05) is 0 Å². The summed E-state index contributed by atoms with van der Waals surface area (Å²) in [5, 5.41) is 0. The number of fused-ring (bicyclic) bond motifs is 1. The van der Waals surface area contributed by atoms with Crippen LogP contribution in [-0.4, -0.2) is 20.5 Å². The molecule has 14 heavy (non-hydrogen) atoms. The van der Waals surface area contributed by atoms with Gasteiger partial charge in [0.2, 0.25) is 0 Å². The van der Waals surface area contributed by atoms with Crippen LogP contribution in [0.1, 0.15) is 5.69 Å². The maximum absolute atomic E-state index is 12.1. The predicted octanol–water partition coefficient (Wildman–Crippen LogP) is 1.83. The van der Waals surface area contributed by atoms with E-state index in [4.69, 9.17) is 0 Å². The van der Waals surface area contributed by atoms with Crippen molar-refractivity contribution in [3.63, 3.8) is 0 Å². The number of imidazole rings is 1. The molecular weight excluding hydrogens is 195 g/mol. The van der Waals surface area contributed by atoms with Gasteiger partial charge in [0.05, 0.1) is 18.3 Å². The lowest BCUT2D eigenvalue weighted by Gasteiger charge is -2.07. The molecular formula is C8H6F3N3. The van der Waals surface area contributed by atoms with Gasteiger partial charge in [0, 0.05) is 18.6 Å². The molecule has 2 aromatic heterocycles. The van der Waals surface area contributed by atoms with Crippen LogP contribution in [0.3, 0.4) is 0 Å². The van der Waals surface area contributed by atoms with Gasteiger partial charge in [-0.15, -0.1) is 0 Å². The SMILES string of the molecule is FC(F)(F)Cc1cncc2nccn12. The standard InChI is InChI=1S/C8H6F3N3/c9-8(10,11)3-6-4-12-5-7-13-1-2-14(6)7/h1-2,4-5H,3H2. The average Bonchev–Trinajstić information content (AvgIpc) is 2.49. The van der Waals surface area contributed by atoms with Crippen LogP contribution >= 0.6 is 0 Å². The Balaban J connectivity index is 2.46. The van der Waals surface area contributed by atoms with E-state index in [2.05, 4.69) is 9.97 Å². The molecule has 74 valence electrons. The highest BCUT2D eigenvalue weighted by Crippen LogP contribution is 2.20. The van der Waals surface area contributed by atoms with Crippen molar-refractivity contribution < 1.29 is 13.2 Å². The van der Waals surface area contributed by atoms with Gasteiger partial charge in [-0.05, 0) is 0 Å². The second kappa shape index (κ2) is 2.97. The molecule has 0 saturated carbocycles. The summed E-state index contributed by atoms with van der Waals surface area (Å²) >= 11 is 0. The van der Waals surface area contributed by atoms with Crippen molar-refractivity contribution in [3.05, 3.63) is 30.5 Å². The lowest BCUT2D eigenvalue weighted by molar-refractivity contribution is -0.128. The summed E-state index contributed by atoms with van der Waals surface area (Å²) in [5.41, 5.74) is 0.513. The maximum Gasteiger partial charge on any atom is 0.394 e. The third kappa shape index (κ3) is 1.68. The lowest BCUT2D eigenvalue weighted by atomic mass is 10.3. The minimum absolute atomic E-state index is 0.0903. The van der Waals surface area contributed by atoms with Gasteiger partial charge >= 0.3 is 6.18 Å². The number of halogens is 3. The van der Waals surface area contributed by atoms with Gasteiger partial charge in [0.15, 0.2) is 5.65 Å². The second-order valence-corrected chi connectivity index (χ2v) is 2.85. The second-order valence-electron chi connectivity index (χ2n) is 2.85. The molecule has 3 nitrogen and oxygen atoms in total. The first kappa shape index (κ1) is 8.98. The maximum atomic E-state index is 12.1.